The minimum absolute atomic E-state index is 0.0236. The van der Waals surface area contributed by atoms with Gasteiger partial charge < -0.3 is 4.42 Å². The van der Waals surface area contributed by atoms with Gasteiger partial charge in [0.2, 0.25) is 10.0 Å². The molecule has 0 fully saturated rings. The maximum Gasteiger partial charge on any atom is 0.240 e. The van der Waals surface area contributed by atoms with Crippen molar-refractivity contribution in [2.75, 3.05) is 6.54 Å². The smallest absolute Gasteiger partial charge is 0.240 e. The van der Waals surface area contributed by atoms with E-state index in [9.17, 15) is 21.2 Å². The summed E-state index contributed by atoms with van der Waals surface area (Å²) in [7, 11) is -7.97. The van der Waals surface area contributed by atoms with Crippen molar-refractivity contribution < 1.29 is 25.6 Å². The van der Waals surface area contributed by atoms with Crippen LogP contribution in [-0.4, -0.2) is 23.4 Å². The van der Waals surface area contributed by atoms with Gasteiger partial charge in [-0.05, 0) is 55.5 Å². The van der Waals surface area contributed by atoms with Gasteiger partial charge in [0.1, 0.15) is 16.8 Å². The van der Waals surface area contributed by atoms with Gasteiger partial charge in [-0.3, -0.25) is 0 Å². The van der Waals surface area contributed by atoms with Crippen LogP contribution in [0.5, 0.6) is 0 Å². The first kappa shape index (κ1) is 20.2. The second kappa shape index (κ2) is 7.86. The van der Waals surface area contributed by atoms with E-state index in [1.807, 2.05) is 6.92 Å². The molecule has 9 heteroatoms. The zero-order valence-electron chi connectivity index (χ0n) is 14.9. The van der Waals surface area contributed by atoms with E-state index in [1.54, 1.807) is 12.1 Å². The van der Waals surface area contributed by atoms with E-state index in [-0.39, 0.29) is 15.6 Å². The second-order valence-electron chi connectivity index (χ2n) is 6.17. The molecule has 0 aliphatic heterocycles. The number of nitrogens with one attached hydrogen (secondary N) is 1. The molecule has 0 aliphatic carbocycles. The van der Waals surface area contributed by atoms with Crippen molar-refractivity contribution in [1.82, 2.24) is 4.72 Å². The SMILES string of the molecule is Cc1ccc(S(=O)(=O)NC[C@H](c2ccco2)S(=O)(=O)c2ccc(F)cc2)cc1. The van der Waals surface area contributed by atoms with Crippen molar-refractivity contribution >= 4 is 19.9 Å². The number of rotatable bonds is 7. The third-order valence-electron chi connectivity index (χ3n) is 4.17. The van der Waals surface area contributed by atoms with E-state index in [0.717, 1.165) is 29.8 Å². The van der Waals surface area contributed by atoms with E-state index in [2.05, 4.69) is 4.72 Å². The second-order valence-corrected chi connectivity index (χ2v) is 10.1. The Kier molecular flexibility index (Phi) is 5.69. The van der Waals surface area contributed by atoms with Gasteiger partial charge in [-0.2, -0.15) is 0 Å². The summed E-state index contributed by atoms with van der Waals surface area (Å²) in [5, 5.41) is -1.31. The zero-order chi connectivity index (χ0) is 20.4. The standard InChI is InChI=1S/C19H18FNO5S2/c1-14-4-8-17(9-5-14)28(24,25)21-13-19(18-3-2-12-26-18)27(22,23)16-10-6-15(20)7-11-16/h2-12,19,21H,13H2,1H3/t19-/m1/s1. The number of aryl methyl sites for hydroxylation is 1. The highest BCUT2D eigenvalue weighted by molar-refractivity contribution is 7.92. The summed E-state index contributed by atoms with van der Waals surface area (Å²) in [5.74, 6) is -0.496. The molecule has 2 aromatic carbocycles. The highest BCUT2D eigenvalue weighted by Gasteiger charge is 2.33. The number of halogens is 1. The Balaban J connectivity index is 1.91. The summed E-state index contributed by atoms with van der Waals surface area (Å²) < 4.78 is 71.8. The monoisotopic (exact) mass is 423 g/mol. The maximum absolute atomic E-state index is 13.2. The molecule has 0 radical (unpaired) electrons. The topological polar surface area (TPSA) is 93.4 Å². The third kappa shape index (κ3) is 4.32. The predicted molar refractivity (Wildman–Crippen MR) is 101 cm³/mol. The molecule has 0 aliphatic rings. The molecule has 0 saturated carbocycles. The number of furan rings is 1. The molecular weight excluding hydrogens is 405 g/mol. The first-order valence-electron chi connectivity index (χ1n) is 8.29. The van der Waals surface area contributed by atoms with Crippen LogP contribution >= 0.6 is 0 Å². The Morgan fingerprint density at radius 1 is 0.929 bits per heavy atom. The lowest BCUT2D eigenvalue weighted by Gasteiger charge is -2.17. The van der Waals surface area contributed by atoms with Crippen molar-refractivity contribution in [2.45, 2.75) is 22.0 Å². The Bertz CT molecular complexity index is 1140. The molecule has 0 amide bonds. The molecule has 0 unspecified atom stereocenters. The summed E-state index contributed by atoms with van der Waals surface area (Å²) in [6.07, 6.45) is 1.30. The number of hydrogen-bond donors (Lipinski definition) is 1. The highest BCUT2D eigenvalue weighted by atomic mass is 32.2. The van der Waals surface area contributed by atoms with E-state index in [1.165, 1.54) is 30.5 Å². The first-order chi connectivity index (χ1) is 13.2. The van der Waals surface area contributed by atoms with Crippen LogP contribution in [0.1, 0.15) is 16.6 Å². The number of sulfonamides is 1. The summed E-state index contributed by atoms with van der Waals surface area (Å²) in [6, 6.07) is 13.5. The lowest BCUT2D eigenvalue weighted by atomic mass is 10.2. The quantitative estimate of drug-likeness (QED) is 0.589. The van der Waals surface area contributed by atoms with Crippen molar-refractivity contribution in [3.05, 3.63) is 84.1 Å². The van der Waals surface area contributed by atoms with Crippen molar-refractivity contribution in [3.8, 4) is 0 Å². The Hall–Kier alpha value is -2.49. The average molecular weight is 423 g/mol. The Morgan fingerprint density at radius 3 is 2.11 bits per heavy atom. The molecule has 28 heavy (non-hydrogen) atoms. The van der Waals surface area contributed by atoms with E-state index in [4.69, 9.17) is 4.42 Å². The molecule has 1 N–H and O–H groups in total. The van der Waals surface area contributed by atoms with Gasteiger partial charge in [0.25, 0.3) is 0 Å². The predicted octanol–water partition coefficient (Wildman–Crippen LogP) is 3.22. The molecule has 1 heterocycles. The van der Waals surface area contributed by atoms with Crippen molar-refractivity contribution in [3.63, 3.8) is 0 Å². The van der Waals surface area contributed by atoms with Gasteiger partial charge in [0, 0.05) is 6.54 Å². The summed E-state index contributed by atoms with van der Waals surface area (Å²) in [6.45, 7) is 1.38. The van der Waals surface area contributed by atoms with Crippen LogP contribution in [0.25, 0.3) is 0 Å². The Labute approximate surface area is 163 Å². The fraction of sp³-hybridized carbons (Fsp3) is 0.158. The first-order valence-corrected chi connectivity index (χ1v) is 11.3. The fourth-order valence-corrected chi connectivity index (χ4v) is 5.35. The lowest BCUT2D eigenvalue weighted by molar-refractivity contribution is 0.486. The van der Waals surface area contributed by atoms with Crippen LogP contribution < -0.4 is 4.72 Å². The van der Waals surface area contributed by atoms with Crippen LogP contribution in [0, 0.1) is 12.7 Å². The van der Waals surface area contributed by atoms with Crippen molar-refractivity contribution in [1.29, 1.82) is 0 Å². The van der Waals surface area contributed by atoms with Gasteiger partial charge in [-0.15, -0.1) is 0 Å². The average Bonchev–Trinajstić information content (AvgIpc) is 3.16. The number of hydrogen-bond acceptors (Lipinski definition) is 5. The summed E-state index contributed by atoms with van der Waals surface area (Å²) in [5.41, 5.74) is 0.895. The molecule has 6 nitrogen and oxygen atoms in total. The molecule has 0 saturated heterocycles. The fourth-order valence-electron chi connectivity index (χ4n) is 2.61. The van der Waals surface area contributed by atoms with E-state index >= 15 is 0 Å². The molecular formula is C19H18FNO5S2. The molecule has 1 atom stereocenters. The molecule has 148 valence electrons. The van der Waals surface area contributed by atoms with Crippen LogP contribution in [0.3, 0.4) is 0 Å². The van der Waals surface area contributed by atoms with Crippen molar-refractivity contribution in [2.24, 2.45) is 0 Å². The summed E-state index contributed by atoms with van der Waals surface area (Å²) >= 11 is 0. The Morgan fingerprint density at radius 2 is 1.54 bits per heavy atom. The van der Waals surface area contributed by atoms with Gasteiger partial charge in [-0.1, -0.05) is 17.7 Å². The molecule has 3 rings (SSSR count). The normalized spacial score (nSPS) is 13.4. The van der Waals surface area contributed by atoms with Gasteiger partial charge in [0.15, 0.2) is 9.84 Å². The minimum atomic E-state index is -4.04. The molecule has 0 bridgehead atoms. The lowest BCUT2D eigenvalue weighted by Crippen LogP contribution is -2.31. The summed E-state index contributed by atoms with van der Waals surface area (Å²) in [4.78, 5) is -0.111. The van der Waals surface area contributed by atoms with Gasteiger partial charge in [0.05, 0.1) is 16.1 Å². The van der Waals surface area contributed by atoms with Crippen LogP contribution in [0.4, 0.5) is 4.39 Å². The number of benzene rings is 2. The maximum atomic E-state index is 13.2. The minimum Gasteiger partial charge on any atom is -0.468 e. The van der Waals surface area contributed by atoms with Gasteiger partial charge >= 0.3 is 0 Å². The largest absolute Gasteiger partial charge is 0.468 e. The van der Waals surface area contributed by atoms with Crippen LogP contribution in [0.15, 0.2) is 81.1 Å². The highest BCUT2D eigenvalue weighted by Crippen LogP contribution is 2.29. The molecule has 1 aromatic heterocycles. The third-order valence-corrected chi connectivity index (χ3v) is 7.68. The van der Waals surface area contributed by atoms with Gasteiger partial charge in [-0.25, -0.2) is 25.9 Å². The van der Waals surface area contributed by atoms with Crippen LogP contribution in [0.2, 0.25) is 0 Å². The molecule has 3 aromatic rings. The number of sulfone groups is 1. The van der Waals surface area contributed by atoms with E-state index in [0.29, 0.717) is 0 Å². The zero-order valence-corrected chi connectivity index (χ0v) is 16.5. The molecule has 0 spiro atoms. The van der Waals surface area contributed by atoms with E-state index < -0.39 is 37.5 Å². The van der Waals surface area contributed by atoms with Crippen LogP contribution in [-0.2, 0) is 19.9 Å².